The molecule has 2 N–H and O–H groups in total. The molecule has 0 atom stereocenters. The first-order valence-electron chi connectivity index (χ1n) is 5.40. The van der Waals surface area contributed by atoms with Crippen molar-refractivity contribution in [2.24, 2.45) is 0 Å². The molecule has 0 heterocycles. The van der Waals surface area contributed by atoms with Crippen molar-refractivity contribution in [2.75, 3.05) is 39.2 Å². The maximum absolute atomic E-state index is 11.4. The summed E-state index contributed by atoms with van der Waals surface area (Å²) in [5.41, 5.74) is 0.853. The van der Waals surface area contributed by atoms with E-state index in [2.05, 4.69) is 10.6 Å². The monoisotopic (exact) mass is 238 g/mol. The number of hydrogen-bond donors (Lipinski definition) is 2. The van der Waals surface area contributed by atoms with Gasteiger partial charge in [-0.25, -0.2) is 0 Å². The summed E-state index contributed by atoms with van der Waals surface area (Å²) in [5, 5.41) is 5.74. The summed E-state index contributed by atoms with van der Waals surface area (Å²) >= 11 is 0. The summed E-state index contributed by atoms with van der Waals surface area (Å²) in [5.74, 6) is 0.694. The minimum atomic E-state index is -0.0649. The number of benzene rings is 1. The van der Waals surface area contributed by atoms with Gasteiger partial charge in [0.05, 0.1) is 20.3 Å². The summed E-state index contributed by atoms with van der Waals surface area (Å²) in [6.45, 7) is 1.27. The predicted octanol–water partition coefficient (Wildman–Crippen LogP) is 0.870. The van der Waals surface area contributed by atoms with Crippen LogP contribution in [0.2, 0.25) is 0 Å². The van der Waals surface area contributed by atoms with Crippen molar-refractivity contribution in [1.29, 1.82) is 0 Å². The lowest BCUT2D eigenvalue weighted by Gasteiger charge is -2.08. The lowest BCUT2D eigenvalue weighted by atomic mass is 10.3. The largest absolute Gasteiger partial charge is 0.497 e. The first kappa shape index (κ1) is 13.3. The lowest BCUT2D eigenvalue weighted by molar-refractivity contribution is -0.119. The molecule has 0 radical (unpaired) electrons. The zero-order valence-corrected chi connectivity index (χ0v) is 10.2. The number of carbonyl (C=O) groups excluding carboxylic acids is 1. The van der Waals surface area contributed by atoms with Gasteiger partial charge in [0.2, 0.25) is 5.91 Å². The molecule has 0 unspecified atom stereocenters. The third kappa shape index (κ3) is 5.21. The standard InChI is InChI=1S/C12H18N2O3/c1-16-7-6-13-12(15)9-14-10-4-3-5-11(8-10)17-2/h3-5,8,14H,6-7,9H2,1-2H3,(H,13,15). The molecule has 0 bridgehead atoms. The van der Waals surface area contributed by atoms with E-state index in [-0.39, 0.29) is 12.5 Å². The number of hydrogen-bond acceptors (Lipinski definition) is 4. The second-order valence-electron chi connectivity index (χ2n) is 3.43. The summed E-state index contributed by atoms with van der Waals surface area (Å²) in [6, 6.07) is 7.43. The molecule has 5 heteroatoms. The summed E-state index contributed by atoms with van der Waals surface area (Å²) in [4.78, 5) is 11.4. The van der Waals surface area contributed by atoms with Crippen molar-refractivity contribution in [3.8, 4) is 5.75 Å². The molecule has 1 rings (SSSR count). The number of rotatable bonds is 7. The molecular weight excluding hydrogens is 220 g/mol. The first-order valence-corrected chi connectivity index (χ1v) is 5.40. The van der Waals surface area contributed by atoms with Gasteiger partial charge in [0.15, 0.2) is 0 Å². The van der Waals surface area contributed by atoms with Crippen LogP contribution in [0.25, 0.3) is 0 Å². The van der Waals surface area contributed by atoms with Gasteiger partial charge >= 0.3 is 0 Å². The molecule has 0 aromatic heterocycles. The Balaban J connectivity index is 2.31. The minimum Gasteiger partial charge on any atom is -0.497 e. The van der Waals surface area contributed by atoms with E-state index < -0.39 is 0 Å². The Morgan fingerprint density at radius 1 is 1.35 bits per heavy atom. The molecule has 0 saturated carbocycles. The fourth-order valence-corrected chi connectivity index (χ4v) is 1.27. The van der Waals surface area contributed by atoms with Crippen molar-refractivity contribution in [3.05, 3.63) is 24.3 Å². The quantitative estimate of drug-likeness (QED) is 0.692. The molecule has 0 saturated heterocycles. The molecule has 0 spiro atoms. The van der Waals surface area contributed by atoms with Gasteiger partial charge in [0.1, 0.15) is 5.75 Å². The summed E-state index contributed by atoms with van der Waals surface area (Å²) in [7, 11) is 3.21. The highest BCUT2D eigenvalue weighted by atomic mass is 16.5. The van der Waals surface area contributed by atoms with Crippen LogP contribution in [0.15, 0.2) is 24.3 Å². The Labute approximate surface area is 101 Å². The van der Waals surface area contributed by atoms with Gasteiger partial charge in [-0.05, 0) is 12.1 Å². The van der Waals surface area contributed by atoms with E-state index in [4.69, 9.17) is 9.47 Å². The maximum Gasteiger partial charge on any atom is 0.239 e. The lowest BCUT2D eigenvalue weighted by Crippen LogP contribution is -2.32. The van der Waals surface area contributed by atoms with Crippen molar-refractivity contribution in [3.63, 3.8) is 0 Å². The fourth-order valence-electron chi connectivity index (χ4n) is 1.27. The summed E-state index contributed by atoms with van der Waals surface area (Å²) in [6.07, 6.45) is 0. The van der Waals surface area contributed by atoms with Gasteiger partial charge in [-0.15, -0.1) is 0 Å². The molecule has 94 valence electrons. The Morgan fingerprint density at radius 3 is 2.88 bits per heavy atom. The number of amides is 1. The van der Waals surface area contributed by atoms with Crippen LogP contribution in [-0.2, 0) is 9.53 Å². The van der Waals surface area contributed by atoms with Crippen molar-refractivity contribution < 1.29 is 14.3 Å². The van der Waals surface area contributed by atoms with Crippen LogP contribution in [0.4, 0.5) is 5.69 Å². The van der Waals surface area contributed by atoms with Crippen molar-refractivity contribution in [2.45, 2.75) is 0 Å². The second-order valence-corrected chi connectivity index (χ2v) is 3.43. The van der Waals surface area contributed by atoms with Crippen LogP contribution in [0.5, 0.6) is 5.75 Å². The van der Waals surface area contributed by atoms with E-state index in [9.17, 15) is 4.79 Å². The van der Waals surface area contributed by atoms with Crippen LogP contribution >= 0.6 is 0 Å². The molecule has 0 aliphatic carbocycles. The minimum absolute atomic E-state index is 0.0649. The van der Waals surface area contributed by atoms with Gasteiger partial charge in [-0.2, -0.15) is 0 Å². The zero-order valence-electron chi connectivity index (χ0n) is 10.2. The van der Waals surface area contributed by atoms with E-state index in [1.807, 2.05) is 24.3 Å². The SMILES string of the molecule is COCCNC(=O)CNc1cccc(OC)c1. The maximum atomic E-state index is 11.4. The molecule has 1 aromatic rings. The van der Waals surface area contributed by atoms with Gasteiger partial charge in [0, 0.05) is 25.4 Å². The molecule has 5 nitrogen and oxygen atoms in total. The molecule has 0 aliphatic heterocycles. The van der Waals surface area contributed by atoms with Gasteiger partial charge < -0.3 is 20.1 Å². The predicted molar refractivity (Wildman–Crippen MR) is 66.4 cm³/mol. The van der Waals surface area contributed by atoms with Crippen molar-refractivity contribution >= 4 is 11.6 Å². The summed E-state index contributed by atoms with van der Waals surface area (Å²) < 4.78 is 9.92. The Hall–Kier alpha value is -1.75. The average molecular weight is 238 g/mol. The van der Waals surface area contributed by atoms with Crippen LogP contribution in [0.1, 0.15) is 0 Å². The zero-order chi connectivity index (χ0) is 12.5. The van der Waals surface area contributed by atoms with Crippen molar-refractivity contribution in [1.82, 2.24) is 5.32 Å². The Morgan fingerprint density at radius 2 is 2.18 bits per heavy atom. The van der Waals surface area contributed by atoms with Crippen LogP contribution in [-0.4, -0.2) is 39.8 Å². The fraction of sp³-hybridized carbons (Fsp3) is 0.417. The average Bonchev–Trinajstić information content (AvgIpc) is 2.37. The third-order valence-electron chi connectivity index (χ3n) is 2.15. The topological polar surface area (TPSA) is 59.6 Å². The molecule has 0 fully saturated rings. The molecule has 1 aromatic carbocycles. The van der Waals surface area contributed by atoms with Crippen LogP contribution in [0, 0.1) is 0 Å². The highest BCUT2D eigenvalue weighted by Crippen LogP contribution is 2.16. The molecule has 0 aliphatic rings. The van der Waals surface area contributed by atoms with Crippen LogP contribution < -0.4 is 15.4 Å². The van der Waals surface area contributed by atoms with E-state index in [0.29, 0.717) is 13.2 Å². The highest BCUT2D eigenvalue weighted by molar-refractivity contribution is 5.80. The molecule has 17 heavy (non-hydrogen) atoms. The Bertz CT molecular complexity index is 355. The second kappa shape index (κ2) is 7.51. The van der Waals surface area contributed by atoms with Crippen LogP contribution in [0.3, 0.4) is 0 Å². The van der Waals surface area contributed by atoms with E-state index >= 15 is 0 Å². The third-order valence-corrected chi connectivity index (χ3v) is 2.15. The van der Waals surface area contributed by atoms with Gasteiger partial charge in [0.25, 0.3) is 0 Å². The number of anilines is 1. The normalized spacial score (nSPS) is 9.76. The van der Waals surface area contributed by atoms with E-state index in [1.165, 1.54) is 0 Å². The van der Waals surface area contributed by atoms with E-state index in [1.54, 1.807) is 14.2 Å². The van der Waals surface area contributed by atoms with E-state index in [0.717, 1.165) is 11.4 Å². The first-order chi connectivity index (χ1) is 8.26. The smallest absolute Gasteiger partial charge is 0.239 e. The highest BCUT2D eigenvalue weighted by Gasteiger charge is 2.00. The number of methoxy groups -OCH3 is 2. The number of nitrogens with one attached hydrogen (secondary N) is 2. The molecular formula is C12H18N2O3. The number of carbonyl (C=O) groups is 1. The van der Waals surface area contributed by atoms with Gasteiger partial charge in [-0.3, -0.25) is 4.79 Å². The Kier molecular flexibility index (Phi) is 5.88. The van der Waals surface area contributed by atoms with Gasteiger partial charge in [-0.1, -0.05) is 6.07 Å². The number of ether oxygens (including phenoxy) is 2. The molecule has 1 amide bonds.